The van der Waals surface area contributed by atoms with Crippen molar-refractivity contribution in [3.05, 3.63) is 69.8 Å². The van der Waals surface area contributed by atoms with Crippen LogP contribution in [0.25, 0.3) is 0 Å². The van der Waals surface area contributed by atoms with Crippen LogP contribution < -0.4 is 5.32 Å². The predicted molar refractivity (Wildman–Crippen MR) is 83.2 cm³/mol. The molecule has 0 saturated carbocycles. The number of ether oxygens (including phenoxy) is 1. The molecule has 2 aromatic rings. The molecule has 0 aromatic heterocycles. The van der Waals surface area contributed by atoms with E-state index >= 15 is 0 Å². The number of esters is 1. The van der Waals surface area contributed by atoms with Gasteiger partial charge in [-0.2, -0.15) is 5.26 Å². The molecule has 0 saturated heterocycles. The number of carbonyl (C=O) groups excluding carboxylic acids is 2. The normalized spacial score (nSPS) is 9.62. The summed E-state index contributed by atoms with van der Waals surface area (Å²) in [6.07, 6.45) is 0. The monoisotopic (exact) mass is 325 g/mol. The van der Waals surface area contributed by atoms with Crippen LogP contribution in [0.3, 0.4) is 0 Å². The van der Waals surface area contributed by atoms with Crippen molar-refractivity contribution in [2.24, 2.45) is 0 Å². The Labute approximate surface area is 136 Å². The molecule has 2 rings (SSSR count). The third kappa shape index (κ3) is 4.14. The van der Waals surface area contributed by atoms with E-state index in [9.17, 15) is 19.7 Å². The maximum atomic E-state index is 11.8. The number of para-hydroxylation sites is 1. The molecule has 120 valence electrons. The number of hydrogen-bond donors (Lipinski definition) is 1. The van der Waals surface area contributed by atoms with Gasteiger partial charge in [-0.1, -0.05) is 12.1 Å². The largest absolute Gasteiger partial charge is 0.452 e. The lowest BCUT2D eigenvalue weighted by atomic mass is 10.2. The van der Waals surface area contributed by atoms with Gasteiger partial charge < -0.3 is 10.1 Å². The Morgan fingerprint density at radius 2 is 1.83 bits per heavy atom. The van der Waals surface area contributed by atoms with Crippen LogP contribution in [-0.2, 0) is 9.53 Å². The van der Waals surface area contributed by atoms with E-state index in [2.05, 4.69) is 5.32 Å². The predicted octanol–water partition coefficient (Wildman–Crippen LogP) is 2.26. The topological polar surface area (TPSA) is 122 Å². The van der Waals surface area contributed by atoms with Crippen molar-refractivity contribution in [2.75, 3.05) is 11.9 Å². The number of nitrogens with one attached hydrogen (secondary N) is 1. The molecule has 8 nitrogen and oxygen atoms in total. The summed E-state index contributed by atoms with van der Waals surface area (Å²) in [6, 6.07) is 13.1. The third-order valence-corrected chi connectivity index (χ3v) is 2.97. The highest BCUT2D eigenvalue weighted by atomic mass is 16.6. The molecule has 0 radical (unpaired) electrons. The lowest BCUT2D eigenvalue weighted by molar-refractivity contribution is -0.384. The van der Waals surface area contributed by atoms with Crippen LogP contribution in [0.5, 0.6) is 0 Å². The van der Waals surface area contributed by atoms with Gasteiger partial charge in [0.1, 0.15) is 6.07 Å². The molecular formula is C16H11N3O5. The molecular weight excluding hydrogens is 314 g/mol. The minimum atomic E-state index is -0.784. The van der Waals surface area contributed by atoms with Gasteiger partial charge in [0.25, 0.3) is 11.6 Å². The second-order valence-electron chi connectivity index (χ2n) is 4.59. The first-order valence-electron chi connectivity index (χ1n) is 6.72. The first-order chi connectivity index (χ1) is 11.5. The highest BCUT2D eigenvalue weighted by Crippen LogP contribution is 2.14. The van der Waals surface area contributed by atoms with Crippen LogP contribution in [-0.4, -0.2) is 23.4 Å². The molecule has 0 fully saturated rings. The maximum absolute atomic E-state index is 11.8. The summed E-state index contributed by atoms with van der Waals surface area (Å²) in [7, 11) is 0. The molecule has 0 unspecified atom stereocenters. The molecule has 0 bridgehead atoms. The molecule has 24 heavy (non-hydrogen) atoms. The minimum Gasteiger partial charge on any atom is -0.452 e. The molecule has 1 N–H and O–H groups in total. The molecule has 0 heterocycles. The Morgan fingerprint density at radius 1 is 1.17 bits per heavy atom. The average Bonchev–Trinajstić information content (AvgIpc) is 2.60. The third-order valence-electron chi connectivity index (χ3n) is 2.97. The average molecular weight is 325 g/mol. The van der Waals surface area contributed by atoms with Gasteiger partial charge in [-0.05, 0) is 24.3 Å². The number of nitro groups is 1. The summed E-state index contributed by atoms with van der Waals surface area (Å²) in [5, 5.41) is 21.9. The first kappa shape index (κ1) is 16.6. The number of amides is 1. The van der Waals surface area contributed by atoms with Crippen molar-refractivity contribution in [3.63, 3.8) is 0 Å². The Hall–Kier alpha value is -3.73. The summed E-state index contributed by atoms with van der Waals surface area (Å²) >= 11 is 0. The van der Waals surface area contributed by atoms with E-state index in [1.54, 1.807) is 24.3 Å². The van der Waals surface area contributed by atoms with Crippen molar-refractivity contribution in [1.82, 2.24) is 0 Å². The van der Waals surface area contributed by atoms with E-state index in [0.717, 1.165) is 0 Å². The lowest BCUT2D eigenvalue weighted by Gasteiger charge is -2.07. The Bertz CT molecular complexity index is 824. The highest BCUT2D eigenvalue weighted by molar-refractivity contribution is 5.96. The second-order valence-corrected chi connectivity index (χ2v) is 4.59. The second kappa shape index (κ2) is 7.51. The van der Waals surface area contributed by atoms with Crippen molar-refractivity contribution >= 4 is 23.3 Å². The smallest absolute Gasteiger partial charge is 0.338 e. The number of nitrogens with zero attached hydrogens (tertiary/aromatic N) is 2. The molecule has 8 heteroatoms. The van der Waals surface area contributed by atoms with Crippen LogP contribution in [0.1, 0.15) is 15.9 Å². The van der Waals surface area contributed by atoms with Gasteiger partial charge >= 0.3 is 5.97 Å². The Kier molecular flexibility index (Phi) is 5.20. The quantitative estimate of drug-likeness (QED) is 0.511. The minimum absolute atomic E-state index is 0.0887. The van der Waals surface area contributed by atoms with Gasteiger partial charge in [0.2, 0.25) is 0 Å². The fourth-order valence-electron chi connectivity index (χ4n) is 1.81. The number of hydrogen-bond acceptors (Lipinski definition) is 6. The standard InChI is InChI=1S/C16H11N3O5/c17-9-12-3-1-2-4-14(12)18-15(20)10-24-16(21)11-5-7-13(8-6-11)19(22)23/h1-8H,10H2,(H,18,20). The molecule has 2 aromatic carbocycles. The lowest BCUT2D eigenvalue weighted by Crippen LogP contribution is -2.21. The molecule has 0 atom stereocenters. The number of benzene rings is 2. The Balaban J connectivity index is 1.92. The van der Waals surface area contributed by atoms with E-state index in [1.165, 1.54) is 24.3 Å². The van der Waals surface area contributed by atoms with Crippen molar-refractivity contribution in [1.29, 1.82) is 5.26 Å². The summed E-state index contributed by atoms with van der Waals surface area (Å²) in [4.78, 5) is 33.5. The summed E-state index contributed by atoms with van der Waals surface area (Å²) in [6.45, 7) is -0.546. The van der Waals surface area contributed by atoms with E-state index in [1.807, 2.05) is 6.07 Å². The zero-order valence-electron chi connectivity index (χ0n) is 12.3. The first-order valence-corrected chi connectivity index (χ1v) is 6.72. The van der Waals surface area contributed by atoms with Crippen molar-refractivity contribution in [2.45, 2.75) is 0 Å². The van der Waals surface area contributed by atoms with Crippen molar-refractivity contribution < 1.29 is 19.2 Å². The molecule has 0 aliphatic carbocycles. The van der Waals surface area contributed by atoms with Gasteiger partial charge in [-0.3, -0.25) is 14.9 Å². The fraction of sp³-hybridized carbons (Fsp3) is 0.0625. The van der Waals surface area contributed by atoms with Crippen LogP contribution in [0.15, 0.2) is 48.5 Å². The summed E-state index contributed by atoms with van der Waals surface area (Å²) in [5.74, 6) is -1.39. The number of rotatable bonds is 5. The van der Waals surface area contributed by atoms with Gasteiger partial charge in [-0.15, -0.1) is 0 Å². The Morgan fingerprint density at radius 3 is 2.46 bits per heavy atom. The van der Waals surface area contributed by atoms with E-state index < -0.39 is 23.4 Å². The van der Waals surface area contributed by atoms with Gasteiger partial charge in [0, 0.05) is 12.1 Å². The van der Waals surface area contributed by atoms with Crippen LogP contribution in [0, 0.1) is 21.4 Å². The van der Waals surface area contributed by atoms with Gasteiger partial charge in [-0.25, -0.2) is 4.79 Å². The van der Waals surface area contributed by atoms with E-state index in [0.29, 0.717) is 5.69 Å². The van der Waals surface area contributed by atoms with Crippen molar-refractivity contribution in [3.8, 4) is 6.07 Å². The maximum Gasteiger partial charge on any atom is 0.338 e. The van der Waals surface area contributed by atoms with E-state index in [4.69, 9.17) is 10.00 Å². The van der Waals surface area contributed by atoms with Gasteiger partial charge in [0.15, 0.2) is 6.61 Å². The van der Waals surface area contributed by atoms with Crippen LogP contribution in [0.2, 0.25) is 0 Å². The fourth-order valence-corrected chi connectivity index (χ4v) is 1.81. The van der Waals surface area contributed by atoms with Gasteiger partial charge in [0.05, 0.1) is 21.7 Å². The number of nitriles is 1. The summed E-state index contributed by atoms with van der Waals surface area (Å²) < 4.78 is 4.83. The highest BCUT2D eigenvalue weighted by Gasteiger charge is 2.13. The molecule has 0 aliphatic rings. The zero-order valence-corrected chi connectivity index (χ0v) is 12.3. The van der Waals surface area contributed by atoms with Crippen LogP contribution >= 0.6 is 0 Å². The van der Waals surface area contributed by atoms with E-state index in [-0.39, 0.29) is 16.8 Å². The number of carbonyl (C=O) groups is 2. The molecule has 1 amide bonds. The van der Waals surface area contributed by atoms with Crippen LogP contribution in [0.4, 0.5) is 11.4 Å². The molecule has 0 spiro atoms. The number of non-ortho nitro benzene ring substituents is 1. The zero-order chi connectivity index (χ0) is 17.5. The number of nitro benzene ring substituents is 1. The molecule has 0 aliphatic heterocycles. The summed E-state index contributed by atoms with van der Waals surface area (Å²) in [5.41, 5.74) is 0.534. The number of anilines is 1. The SMILES string of the molecule is N#Cc1ccccc1NC(=O)COC(=O)c1ccc([N+](=O)[O-])cc1.